The van der Waals surface area contributed by atoms with Crippen molar-refractivity contribution >= 4 is 18.7 Å². The molecule has 0 spiro atoms. The monoisotopic (exact) mass is 211 g/mol. The normalized spacial score (nSPS) is 12.5. The predicted octanol–water partition coefficient (Wildman–Crippen LogP) is 1.21. The molecule has 0 aliphatic carbocycles. The Bertz CT molecular complexity index is 307. The van der Waals surface area contributed by atoms with Crippen molar-refractivity contribution < 1.29 is 19.1 Å². The summed E-state index contributed by atoms with van der Waals surface area (Å²) in [5.41, 5.74) is 0.143. The molecule has 0 aromatic heterocycles. The van der Waals surface area contributed by atoms with Crippen LogP contribution < -0.4 is 0 Å². The lowest BCUT2D eigenvalue weighted by Crippen LogP contribution is -2.20. The smallest absolute Gasteiger partial charge is 0.342 e. The summed E-state index contributed by atoms with van der Waals surface area (Å²) in [6.45, 7) is 9.25. The van der Waals surface area contributed by atoms with Gasteiger partial charge >= 0.3 is 11.9 Å². The molecule has 0 aliphatic heterocycles. The maximum Gasteiger partial charge on any atom is 0.342 e. The average Bonchev–Trinajstić information content (AvgIpc) is 2.12. The molecular weight excluding hydrogens is 198 g/mol. The molecule has 0 aromatic rings. The Labute approximate surface area is 88.1 Å². The third-order valence-corrected chi connectivity index (χ3v) is 1.29. The van der Waals surface area contributed by atoms with Crippen molar-refractivity contribution in [3.63, 3.8) is 0 Å². The van der Waals surface area contributed by atoms with Crippen molar-refractivity contribution in [1.82, 2.24) is 0 Å². The van der Waals surface area contributed by atoms with Crippen molar-refractivity contribution in [2.45, 2.75) is 20.1 Å². The van der Waals surface area contributed by atoms with E-state index in [1.807, 2.05) is 0 Å². The third-order valence-electron chi connectivity index (χ3n) is 1.29. The fraction of sp³-hybridized carbons (Fsp3) is 0.300. The van der Waals surface area contributed by atoms with Gasteiger partial charge in [-0.25, -0.2) is 4.79 Å². The van der Waals surface area contributed by atoms with Gasteiger partial charge in [0.2, 0.25) is 6.29 Å². The molecule has 0 radical (unpaired) electrons. The average molecular weight is 211 g/mol. The molecule has 82 valence electrons. The highest BCUT2D eigenvalue weighted by molar-refractivity contribution is 5.91. The van der Waals surface area contributed by atoms with E-state index in [-0.39, 0.29) is 5.57 Å². The van der Waals surface area contributed by atoms with E-state index in [2.05, 4.69) is 23.0 Å². The van der Waals surface area contributed by atoms with Crippen LogP contribution >= 0.6 is 0 Å². The van der Waals surface area contributed by atoms with Crippen LogP contribution in [0, 0.1) is 0 Å². The number of esters is 2. The molecule has 1 unspecified atom stereocenters. The summed E-state index contributed by atoms with van der Waals surface area (Å²) in [6.07, 6.45) is 1.54. The first-order valence-corrected chi connectivity index (χ1v) is 4.18. The minimum Gasteiger partial charge on any atom is -0.426 e. The molecule has 0 rings (SSSR count). The fourth-order valence-electron chi connectivity index (χ4n) is 0.764. The number of ether oxygens (including phenoxy) is 2. The predicted molar refractivity (Wildman–Crippen MR) is 55.1 cm³/mol. The summed E-state index contributed by atoms with van der Waals surface area (Å²) in [6, 6.07) is 0. The molecule has 0 saturated heterocycles. The molecule has 0 heterocycles. The Kier molecular flexibility index (Phi) is 5.70. The highest BCUT2D eigenvalue weighted by Gasteiger charge is 2.13. The van der Waals surface area contributed by atoms with Gasteiger partial charge in [-0.2, -0.15) is 0 Å². The van der Waals surface area contributed by atoms with Crippen molar-refractivity contribution in [3.05, 3.63) is 24.4 Å². The van der Waals surface area contributed by atoms with Crippen LogP contribution in [-0.4, -0.2) is 24.9 Å². The maximum atomic E-state index is 11.3. The number of rotatable bonds is 5. The molecule has 15 heavy (non-hydrogen) atoms. The highest BCUT2D eigenvalue weighted by atomic mass is 16.7. The van der Waals surface area contributed by atoms with E-state index in [9.17, 15) is 9.59 Å². The zero-order valence-electron chi connectivity index (χ0n) is 8.73. The van der Waals surface area contributed by atoms with E-state index in [1.165, 1.54) is 26.1 Å². The Morgan fingerprint density at radius 3 is 2.40 bits per heavy atom. The van der Waals surface area contributed by atoms with Crippen LogP contribution in [0.3, 0.4) is 0 Å². The molecular formula is C10H13NO4. The molecule has 0 bridgehead atoms. The second-order valence-electron chi connectivity index (χ2n) is 2.55. The van der Waals surface area contributed by atoms with Crippen molar-refractivity contribution in [1.29, 1.82) is 0 Å². The number of nitrogens with zero attached hydrogens (tertiary/aromatic N) is 1. The van der Waals surface area contributed by atoms with Crippen LogP contribution in [0.4, 0.5) is 0 Å². The number of carbonyl (C=O) groups is 2. The standard InChI is InChI=1S/C10H13NO4/c1-5-9(6-11-4)10(13)15-8(3)14-7(2)12/h5-6,8H,1,4H2,2-3H3/b9-6+. The summed E-state index contributed by atoms with van der Waals surface area (Å²) >= 11 is 0. The van der Waals surface area contributed by atoms with Crippen LogP contribution in [0.15, 0.2) is 29.4 Å². The molecule has 1 atom stereocenters. The summed E-state index contributed by atoms with van der Waals surface area (Å²) < 4.78 is 9.36. The summed E-state index contributed by atoms with van der Waals surface area (Å²) in [5.74, 6) is -1.20. The van der Waals surface area contributed by atoms with E-state index in [4.69, 9.17) is 4.74 Å². The second kappa shape index (κ2) is 6.53. The summed E-state index contributed by atoms with van der Waals surface area (Å²) in [5, 5.41) is 0. The Balaban J connectivity index is 4.34. The second-order valence-corrected chi connectivity index (χ2v) is 2.55. The van der Waals surface area contributed by atoms with Crippen LogP contribution in [0.1, 0.15) is 13.8 Å². The lowest BCUT2D eigenvalue weighted by atomic mass is 10.3. The van der Waals surface area contributed by atoms with Gasteiger partial charge in [0.1, 0.15) is 0 Å². The first-order valence-electron chi connectivity index (χ1n) is 4.18. The van der Waals surface area contributed by atoms with Gasteiger partial charge in [0, 0.05) is 20.0 Å². The van der Waals surface area contributed by atoms with E-state index in [1.54, 1.807) is 0 Å². The summed E-state index contributed by atoms with van der Waals surface area (Å²) in [4.78, 5) is 25.2. The van der Waals surface area contributed by atoms with Gasteiger partial charge in [-0.1, -0.05) is 12.7 Å². The third kappa shape index (κ3) is 5.41. The van der Waals surface area contributed by atoms with Crippen LogP contribution in [0.25, 0.3) is 0 Å². The quantitative estimate of drug-likeness (QED) is 0.225. The lowest BCUT2D eigenvalue weighted by molar-refractivity contribution is -0.179. The highest BCUT2D eigenvalue weighted by Crippen LogP contribution is 2.04. The first-order chi connectivity index (χ1) is 7.01. The minimum absolute atomic E-state index is 0.143. The number of aliphatic imine (C=N–C) groups is 1. The first kappa shape index (κ1) is 13.1. The van der Waals surface area contributed by atoms with Gasteiger partial charge in [-0.05, 0) is 6.72 Å². The molecule has 0 amide bonds. The van der Waals surface area contributed by atoms with Gasteiger partial charge in [-0.15, -0.1) is 0 Å². The molecule has 0 saturated carbocycles. The maximum absolute atomic E-state index is 11.3. The van der Waals surface area contributed by atoms with Gasteiger partial charge in [0.05, 0.1) is 5.57 Å². The SMILES string of the molecule is C=C/C(=C\N=C)C(=O)OC(C)OC(C)=O. The van der Waals surface area contributed by atoms with Crippen molar-refractivity contribution in [2.24, 2.45) is 4.99 Å². The van der Waals surface area contributed by atoms with E-state index in [0.717, 1.165) is 0 Å². The Morgan fingerprint density at radius 1 is 1.40 bits per heavy atom. The molecule has 0 aromatic carbocycles. The van der Waals surface area contributed by atoms with Gasteiger partial charge in [0.15, 0.2) is 0 Å². The Hall–Kier alpha value is -1.91. The molecule has 5 nitrogen and oxygen atoms in total. The van der Waals surface area contributed by atoms with Crippen LogP contribution in [-0.2, 0) is 19.1 Å². The molecule has 5 heteroatoms. The fourth-order valence-corrected chi connectivity index (χ4v) is 0.764. The number of hydrogen-bond acceptors (Lipinski definition) is 5. The van der Waals surface area contributed by atoms with Crippen LogP contribution in [0.2, 0.25) is 0 Å². The zero-order chi connectivity index (χ0) is 11.8. The molecule has 0 fully saturated rings. The van der Waals surface area contributed by atoms with Crippen molar-refractivity contribution in [2.75, 3.05) is 0 Å². The van der Waals surface area contributed by atoms with Crippen LogP contribution in [0.5, 0.6) is 0 Å². The Morgan fingerprint density at radius 2 is 2.00 bits per heavy atom. The van der Waals surface area contributed by atoms with Crippen molar-refractivity contribution in [3.8, 4) is 0 Å². The zero-order valence-corrected chi connectivity index (χ0v) is 8.73. The van der Waals surface area contributed by atoms with E-state index < -0.39 is 18.2 Å². The molecule has 0 aliphatic rings. The minimum atomic E-state index is -0.942. The van der Waals surface area contributed by atoms with Gasteiger partial charge in [0.25, 0.3) is 0 Å². The van der Waals surface area contributed by atoms with Gasteiger partial charge < -0.3 is 9.47 Å². The largest absolute Gasteiger partial charge is 0.426 e. The summed E-state index contributed by atoms with van der Waals surface area (Å²) in [7, 11) is 0. The number of hydrogen-bond donors (Lipinski definition) is 0. The van der Waals surface area contributed by atoms with E-state index in [0.29, 0.717) is 0 Å². The lowest BCUT2D eigenvalue weighted by Gasteiger charge is -2.12. The van der Waals surface area contributed by atoms with E-state index >= 15 is 0 Å². The number of carbonyl (C=O) groups excluding carboxylic acids is 2. The molecule has 0 N–H and O–H groups in total. The van der Waals surface area contributed by atoms with Gasteiger partial charge in [-0.3, -0.25) is 9.79 Å². The topological polar surface area (TPSA) is 65.0 Å².